The van der Waals surface area contributed by atoms with Gasteiger partial charge in [0, 0.05) is 29.6 Å². The molecule has 0 aromatic carbocycles. The summed E-state index contributed by atoms with van der Waals surface area (Å²) in [6, 6.07) is 0. The molecule has 2 atom stereocenters. The SMILES string of the molecule is O=C1NC(=O)C2CC=CCC12.[Na]. The minimum absolute atomic E-state index is 0. The summed E-state index contributed by atoms with van der Waals surface area (Å²) < 4.78 is 0. The van der Waals surface area contributed by atoms with Crippen molar-refractivity contribution in [1.82, 2.24) is 5.32 Å². The van der Waals surface area contributed by atoms with E-state index in [2.05, 4.69) is 5.32 Å². The monoisotopic (exact) mass is 174 g/mol. The van der Waals surface area contributed by atoms with Crippen LogP contribution < -0.4 is 5.32 Å². The molecule has 2 amide bonds. The zero-order valence-electron chi connectivity index (χ0n) is 7.04. The van der Waals surface area contributed by atoms with Gasteiger partial charge in [-0.15, -0.1) is 0 Å². The van der Waals surface area contributed by atoms with Crippen molar-refractivity contribution in [2.45, 2.75) is 12.8 Å². The summed E-state index contributed by atoms with van der Waals surface area (Å²) in [7, 11) is 0. The zero-order chi connectivity index (χ0) is 7.84. The first-order chi connectivity index (χ1) is 5.29. The maximum atomic E-state index is 11.1. The van der Waals surface area contributed by atoms with Crippen LogP contribution in [-0.4, -0.2) is 41.4 Å². The van der Waals surface area contributed by atoms with Crippen LogP contribution in [0.3, 0.4) is 0 Å². The second-order valence-electron chi connectivity index (χ2n) is 3.01. The Morgan fingerprint density at radius 3 is 1.92 bits per heavy atom. The van der Waals surface area contributed by atoms with Crippen molar-refractivity contribution in [3.8, 4) is 0 Å². The Morgan fingerprint density at radius 1 is 1.08 bits per heavy atom. The van der Waals surface area contributed by atoms with Gasteiger partial charge in [-0.05, 0) is 12.8 Å². The Kier molecular flexibility index (Phi) is 3.09. The third kappa shape index (κ3) is 1.49. The van der Waals surface area contributed by atoms with Gasteiger partial charge in [-0.25, -0.2) is 0 Å². The number of hydrogen-bond acceptors (Lipinski definition) is 2. The molecule has 2 aliphatic rings. The minimum Gasteiger partial charge on any atom is -0.296 e. The Balaban J connectivity index is 0.000000720. The van der Waals surface area contributed by atoms with E-state index in [1.54, 1.807) is 0 Å². The topological polar surface area (TPSA) is 46.2 Å². The second-order valence-corrected chi connectivity index (χ2v) is 3.01. The van der Waals surface area contributed by atoms with Crippen LogP contribution in [0.4, 0.5) is 0 Å². The van der Waals surface area contributed by atoms with Gasteiger partial charge in [0.2, 0.25) is 11.8 Å². The van der Waals surface area contributed by atoms with E-state index in [-0.39, 0.29) is 53.2 Å². The first kappa shape index (κ1) is 9.96. The summed E-state index contributed by atoms with van der Waals surface area (Å²) in [5.74, 6) is -0.339. The molecule has 2 unspecified atom stereocenters. The predicted octanol–water partition coefficient (Wildman–Crippen LogP) is -0.156. The van der Waals surface area contributed by atoms with E-state index in [0.29, 0.717) is 0 Å². The molecule has 0 aromatic heterocycles. The van der Waals surface area contributed by atoms with Gasteiger partial charge in [0.25, 0.3) is 0 Å². The number of allylic oxidation sites excluding steroid dienone is 2. The van der Waals surface area contributed by atoms with E-state index in [1.807, 2.05) is 12.2 Å². The van der Waals surface area contributed by atoms with E-state index in [9.17, 15) is 9.59 Å². The van der Waals surface area contributed by atoms with Crippen LogP contribution in [0.25, 0.3) is 0 Å². The fourth-order valence-electron chi connectivity index (χ4n) is 1.70. The van der Waals surface area contributed by atoms with Crippen molar-refractivity contribution in [2.24, 2.45) is 11.8 Å². The molecule has 0 bridgehead atoms. The number of rotatable bonds is 0. The van der Waals surface area contributed by atoms with Crippen molar-refractivity contribution in [3.63, 3.8) is 0 Å². The summed E-state index contributed by atoms with van der Waals surface area (Å²) in [4.78, 5) is 22.1. The Labute approximate surface area is 92.9 Å². The van der Waals surface area contributed by atoms with Crippen LogP contribution in [0.1, 0.15) is 12.8 Å². The Hall–Kier alpha value is -0.120. The molecule has 4 heteroatoms. The van der Waals surface area contributed by atoms with Crippen LogP contribution in [-0.2, 0) is 9.59 Å². The van der Waals surface area contributed by atoms with E-state index >= 15 is 0 Å². The molecule has 59 valence electrons. The normalized spacial score (nSPS) is 32.3. The first-order valence-corrected chi connectivity index (χ1v) is 3.79. The molecule has 0 saturated carbocycles. The summed E-state index contributed by atoms with van der Waals surface area (Å²) in [6.45, 7) is 0. The van der Waals surface area contributed by atoms with Crippen molar-refractivity contribution < 1.29 is 9.59 Å². The molecule has 3 nitrogen and oxygen atoms in total. The van der Waals surface area contributed by atoms with Gasteiger partial charge in [0.1, 0.15) is 0 Å². The molecule has 1 N–H and O–H groups in total. The van der Waals surface area contributed by atoms with E-state index in [1.165, 1.54) is 0 Å². The molecule has 1 aliphatic carbocycles. The molecule has 12 heavy (non-hydrogen) atoms. The number of carbonyl (C=O) groups is 2. The van der Waals surface area contributed by atoms with Crippen LogP contribution in [0, 0.1) is 11.8 Å². The molecule has 2 rings (SSSR count). The van der Waals surface area contributed by atoms with Crippen molar-refractivity contribution in [3.05, 3.63) is 12.2 Å². The molecular formula is C8H9NNaO2. The van der Waals surface area contributed by atoms with Gasteiger partial charge in [-0.2, -0.15) is 0 Å². The van der Waals surface area contributed by atoms with Gasteiger partial charge < -0.3 is 0 Å². The molecule has 1 fully saturated rings. The average Bonchev–Trinajstić information content (AvgIpc) is 2.30. The number of amides is 2. The van der Waals surface area contributed by atoms with Gasteiger partial charge in [-0.3, -0.25) is 14.9 Å². The Bertz CT molecular complexity index is 225. The van der Waals surface area contributed by atoms with Crippen molar-refractivity contribution >= 4 is 41.4 Å². The third-order valence-corrected chi connectivity index (χ3v) is 2.35. The zero-order valence-corrected chi connectivity index (χ0v) is 9.04. The number of carbonyl (C=O) groups excluding carboxylic acids is 2. The van der Waals surface area contributed by atoms with Crippen LogP contribution in [0.2, 0.25) is 0 Å². The van der Waals surface area contributed by atoms with Gasteiger partial charge in [-0.1, -0.05) is 12.2 Å². The Morgan fingerprint density at radius 2 is 1.50 bits per heavy atom. The third-order valence-electron chi connectivity index (χ3n) is 2.35. The van der Waals surface area contributed by atoms with Gasteiger partial charge in [0.05, 0.1) is 11.8 Å². The molecule has 0 aromatic rings. The maximum Gasteiger partial charge on any atom is 0.230 e. The van der Waals surface area contributed by atoms with Crippen LogP contribution in [0.15, 0.2) is 12.2 Å². The number of hydrogen-bond donors (Lipinski definition) is 1. The largest absolute Gasteiger partial charge is 0.296 e. The summed E-state index contributed by atoms with van der Waals surface area (Å²) in [6.07, 6.45) is 5.39. The van der Waals surface area contributed by atoms with Gasteiger partial charge in [0.15, 0.2) is 0 Å². The van der Waals surface area contributed by atoms with E-state index in [4.69, 9.17) is 0 Å². The average molecular weight is 174 g/mol. The molecule has 1 radical (unpaired) electrons. The summed E-state index contributed by atoms with van der Waals surface area (Å²) in [5, 5.41) is 2.34. The van der Waals surface area contributed by atoms with Gasteiger partial charge >= 0.3 is 0 Å². The summed E-state index contributed by atoms with van der Waals surface area (Å²) >= 11 is 0. The number of fused-ring (bicyclic) bond motifs is 1. The second kappa shape index (κ2) is 3.73. The molecule has 1 aliphatic heterocycles. The fraction of sp³-hybridized carbons (Fsp3) is 0.500. The van der Waals surface area contributed by atoms with Crippen molar-refractivity contribution in [2.75, 3.05) is 0 Å². The number of imide groups is 1. The molecular weight excluding hydrogens is 165 g/mol. The first-order valence-electron chi connectivity index (χ1n) is 3.79. The number of nitrogens with one attached hydrogen (secondary N) is 1. The predicted molar refractivity (Wildman–Crippen MR) is 44.3 cm³/mol. The smallest absolute Gasteiger partial charge is 0.230 e. The quantitative estimate of drug-likeness (QED) is 0.315. The fourth-order valence-corrected chi connectivity index (χ4v) is 1.70. The summed E-state index contributed by atoms with van der Waals surface area (Å²) in [5.41, 5.74) is 0. The molecule has 1 heterocycles. The molecule has 1 saturated heterocycles. The standard InChI is InChI=1S/C8H9NO2.Na/c10-7-5-3-1-2-4-6(5)8(11)9-7;/h1-2,5-6H,3-4H2,(H,9,10,11);. The van der Waals surface area contributed by atoms with E-state index in [0.717, 1.165) is 12.8 Å². The van der Waals surface area contributed by atoms with Crippen LogP contribution in [0.5, 0.6) is 0 Å². The van der Waals surface area contributed by atoms with Crippen LogP contribution >= 0.6 is 0 Å². The van der Waals surface area contributed by atoms with E-state index < -0.39 is 0 Å². The maximum absolute atomic E-state index is 11.1. The molecule has 0 spiro atoms. The minimum atomic E-state index is -0.0932. The van der Waals surface area contributed by atoms with Crippen molar-refractivity contribution in [1.29, 1.82) is 0 Å².